The monoisotopic (exact) mass is 291 g/mol. The van der Waals surface area contributed by atoms with Gasteiger partial charge in [0.05, 0.1) is 5.56 Å². The van der Waals surface area contributed by atoms with Gasteiger partial charge in [0.1, 0.15) is 5.82 Å². The van der Waals surface area contributed by atoms with Crippen molar-refractivity contribution in [2.45, 2.75) is 32.6 Å². The Kier molecular flexibility index (Phi) is 5.56. The predicted molar refractivity (Wildman–Crippen MR) is 84.1 cm³/mol. The van der Waals surface area contributed by atoms with E-state index in [0.717, 1.165) is 50.4 Å². The number of carbonyl (C=O) groups is 1. The third kappa shape index (κ3) is 4.17. The summed E-state index contributed by atoms with van der Waals surface area (Å²) in [5.41, 5.74) is 1.22. The van der Waals surface area contributed by atoms with Gasteiger partial charge in [0, 0.05) is 18.8 Å². The van der Waals surface area contributed by atoms with Crippen molar-refractivity contribution < 1.29 is 9.90 Å². The fourth-order valence-electron chi connectivity index (χ4n) is 2.97. The summed E-state index contributed by atoms with van der Waals surface area (Å²) in [6.07, 6.45) is 4.14. The van der Waals surface area contributed by atoms with Gasteiger partial charge in [0.15, 0.2) is 0 Å². The van der Waals surface area contributed by atoms with Gasteiger partial charge in [-0.3, -0.25) is 0 Å². The van der Waals surface area contributed by atoms with Gasteiger partial charge in [0.25, 0.3) is 0 Å². The zero-order chi connectivity index (χ0) is 15.2. The molecule has 1 aliphatic rings. The normalized spacial score (nSPS) is 18.8. The number of aromatic nitrogens is 1. The molecule has 5 heteroatoms. The molecule has 2 N–H and O–H groups in total. The van der Waals surface area contributed by atoms with Crippen molar-refractivity contribution in [2.75, 3.05) is 31.6 Å². The van der Waals surface area contributed by atoms with E-state index in [9.17, 15) is 9.90 Å². The number of aromatic carboxylic acids is 1. The lowest BCUT2D eigenvalue weighted by molar-refractivity contribution is 0.0696. The summed E-state index contributed by atoms with van der Waals surface area (Å²) in [6, 6.07) is 3.41. The lowest BCUT2D eigenvalue weighted by atomic mass is 9.98. The highest BCUT2D eigenvalue weighted by Gasteiger charge is 2.21. The first-order chi connectivity index (χ1) is 10.1. The van der Waals surface area contributed by atoms with E-state index in [4.69, 9.17) is 0 Å². The third-order valence-electron chi connectivity index (χ3n) is 3.95. The van der Waals surface area contributed by atoms with Crippen LogP contribution in [-0.2, 0) is 6.42 Å². The highest BCUT2D eigenvalue weighted by atomic mass is 16.4. The maximum atomic E-state index is 11.3. The molecule has 0 aromatic carbocycles. The molecule has 1 fully saturated rings. The number of hydrogen-bond acceptors (Lipinski definition) is 4. The molecule has 1 unspecified atom stereocenters. The average molecular weight is 291 g/mol. The molecule has 116 valence electrons. The van der Waals surface area contributed by atoms with Crippen LogP contribution in [0.1, 0.15) is 42.2 Å². The summed E-state index contributed by atoms with van der Waals surface area (Å²) in [6.45, 7) is 4.99. The predicted octanol–water partition coefficient (Wildman–Crippen LogP) is 2.17. The molecule has 0 spiro atoms. The van der Waals surface area contributed by atoms with Gasteiger partial charge >= 0.3 is 5.97 Å². The first-order valence-electron chi connectivity index (χ1n) is 7.77. The highest BCUT2D eigenvalue weighted by molar-refractivity contribution is 5.88. The van der Waals surface area contributed by atoms with Gasteiger partial charge in [-0.15, -0.1) is 0 Å². The Bertz CT molecular complexity index is 488. The molecule has 0 amide bonds. The SMILES string of the molecule is CCCc1cc(C(=O)O)cc(N2CCCC(CNC)C2)n1. The number of hydrogen-bond donors (Lipinski definition) is 2. The summed E-state index contributed by atoms with van der Waals surface area (Å²) in [4.78, 5) is 18.2. The van der Waals surface area contributed by atoms with Crippen molar-refractivity contribution in [3.8, 4) is 0 Å². The third-order valence-corrected chi connectivity index (χ3v) is 3.95. The summed E-state index contributed by atoms with van der Waals surface area (Å²) in [5, 5.41) is 12.5. The fourth-order valence-corrected chi connectivity index (χ4v) is 2.97. The number of carboxylic acids is 1. The Morgan fingerprint density at radius 1 is 1.52 bits per heavy atom. The minimum Gasteiger partial charge on any atom is -0.478 e. The van der Waals surface area contributed by atoms with E-state index >= 15 is 0 Å². The Morgan fingerprint density at radius 2 is 2.33 bits per heavy atom. The number of nitrogens with zero attached hydrogens (tertiary/aromatic N) is 2. The standard InChI is InChI=1S/C16H25N3O2/c1-3-5-14-8-13(16(20)21)9-15(18-14)19-7-4-6-12(11-19)10-17-2/h8-9,12,17H,3-7,10-11H2,1-2H3,(H,20,21). The number of nitrogens with one attached hydrogen (secondary N) is 1. The van der Waals surface area contributed by atoms with Crippen LogP contribution < -0.4 is 10.2 Å². The summed E-state index contributed by atoms with van der Waals surface area (Å²) >= 11 is 0. The average Bonchev–Trinajstić information content (AvgIpc) is 2.48. The smallest absolute Gasteiger partial charge is 0.335 e. The van der Waals surface area contributed by atoms with Gasteiger partial charge < -0.3 is 15.3 Å². The second kappa shape index (κ2) is 7.41. The maximum Gasteiger partial charge on any atom is 0.335 e. The molecule has 2 heterocycles. The number of aryl methyl sites for hydroxylation is 1. The van der Waals surface area contributed by atoms with E-state index in [-0.39, 0.29) is 0 Å². The van der Waals surface area contributed by atoms with Crippen LogP contribution in [-0.4, -0.2) is 42.7 Å². The zero-order valence-electron chi connectivity index (χ0n) is 12.9. The largest absolute Gasteiger partial charge is 0.478 e. The Morgan fingerprint density at radius 3 is 3.00 bits per heavy atom. The van der Waals surface area contributed by atoms with Crippen LogP contribution >= 0.6 is 0 Å². The van der Waals surface area contributed by atoms with E-state index in [1.165, 1.54) is 6.42 Å². The molecule has 5 nitrogen and oxygen atoms in total. The molecule has 2 rings (SSSR count). The molecular formula is C16H25N3O2. The second-order valence-electron chi connectivity index (χ2n) is 5.77. The van der Waals surface area contributed by atoms with Crippen LogP contribution in [0, 0.1) is 5.92 Å². The van der Waals surface area contributed by atoms with Gasteiger partial charge in [0.2, 0.25) is 0 Å². The van der Waals surface area contributed by atoms with Crippen molar-refractivity contribution in [3.63, 3.8) is 0 Å². The van der Waals surface area contributed by atoms with E-state index in [2.05, 4.69) is 22.1 Å². The van der Waals surface area contributed by atoms with E-state index < -0.39 is 5.97 Å². The van der Waals surface area contributed by atoms with Crippen LogP contribution in [0.25, 0.3) is 0 Å². The Hall–Kier alpha value is -1.62. The van der Waals surface area contributed by atoms with E-state index in [1.54, 1.807) is 12.1 Å². The first kappa shape index (κ1) is 15.8. The van der Waals surface area contributed by atoms with Gasteiger partial charge in [-0.1, -0.05) is 13.3 Å². The van der Waals surface area contributed by atoms with Crippen LogP contribution in [0.5, 0.6) is 0 Å². The molecule has 1 atom stereocenters. The Labute approximate surface area is 126 Å². The van der Waals surface area contributed by atoms with E-state index in [0.29, 0.717) is 11.5 Å². The van der Waals surface area contributed by atoms with Crippen LogP contribution in [0.15, 0.2) is 12.1 Å². The minimum atomic E-state index is -0.875. The molecule has 1 aromatic rings. The maximum absolute atomic E-state index is 11.3. The van der Waals surface area contributed by atoms with Gasteiger partial charge in [-0.2, -0.15) is 0 Å². The summed E-state index contributed by atoms with van der Waals surface area (Å²) in [7, 11) is 1.97. The fraction of sp³-hybridized carbons (Fsp3) is 0.625. The molecule has 21 heavy (non-hydrogen) atoms. The lowest BCUT2D eigenvalue weighted by Crippen LogP contribution is -2.39. The first-order valence-corrected chi connectivity index (χ1v) is 7.77. The molecule has 0 saturated carbocycles. The lowest BCUT2D eigenvalue weighted by Gasteiger charge is -2.34. The molecule has 0 radical (unpaired) electrons. The topological polar surface area (TPSA) is 65.5 Å². The van der Waals surface area contributed by atoms with Crippen molar-refractivity contribution in [1.82, 2.24) is 10.3 Å². The van der Waals surface area contributed by atoms with Crippen molar-refractivity contribution in [3.05, 3.63) is 23.4 Å². The quantitative estimate of drug-likeness (QED) is 0.841. The van der Waals surface area contributed by atoms with Gasteiger partial charge in [-0.25, -0.2) is 9.78 Å². The molecule has 1 aromatic heterocycles. The minimum absolute atomic E-state index is 0.346. The number of piperidine rings is 1. The van der Waals surface area contributed by atoms with Crippen LogP contribution in [0.3, 0.4) is 0 Å². The van der Waals surface area contributed by atoms with Crippen LogP contribution in [0.4, 0.5) is 5.82 Å². The Balaban J connectivity index is 2.22. The second-order valence-corrected chi connectivity index (χ2v) is 5.77. The molecule has 0 bridgehead atoms. The van der Waals surface area contributed by atoms with Gasteiger partial charge in [-0.05, 0) is 50.9 Å². The number of anilines is 1. The summed E-state index contributed by atoms with van der Waals surface area (Å²) < 4.78 is 0. The number of carboxylic acid groups (broad SMARTS) is 1. The molecular weight excluding hydrogens is 266 g/mol. The van der Waals surface area contributed by atoms with Crippen molar-refractivity contribution in [2.24, 2.45) is 5.92 Å². The van der Waals surface area contributed by atoms with E-state index in [1.807, 2.05) is 7.05 Å². The molecule has 0 aliphatic carbocycles. The van der Waals surface area contributed by atoms with Crippen LogP contribution in [0.2, 0.25) is 0 Å². The van der Waals surface area contributed by atoms with Crippen molar-refractivity contribution in [1.29, 1.82) is 0 Å². The summed E-state index contributed by atoms with van der Waals surface area (Å²) in [5.74, 6) is 0.549. The molecule has 1 saturated heterocycles. The van der Waals surface area contributed by atoms with Crippen molar-refractivity contribution >= 4 is 11.8 Å². The number of rotatable bonds is 6. The number of pyridine rings is 1. The molecule has 1 aliphatic heterocycles. The highest BCUT2D eigenvalue weighted by Crippen LogP contribution is 2.23. The zero-order valence-corrected chi connectivity index (χ0v) is 12.9.